The average Bonchev–Trinajstić information content (AvgIpc) is 2.59. The molecule has 0 saturated carbocycles. The van der Waals surface area contributed by atoms with Crippen LogP contribution in [-0.2, 0) is 4.79 Å². The van der Waals surface area contributed by atoms with Gasteiger partial charge in [-0.1, -0.05) is 23.7 Å². The molecule has 1 aromatic rings. The van der Waals surface area contributed by atoms with Crippen LogP contribution in [0.3, 0.4) is 0 Å². The molecule has 0 aliphatic carbocycles. The summed E-state index contributed by atoms with van der Waals surface area (Å²) in [5.74, 6) is 0.0754. The summed E-state index contributed by atoms with van der Waals surface area (Å²) in [5.41, 5.74) is 1.05. The van der Waals surface area contributed by atoms with Gasteiger partial charge in [-0.05, 0) is 19.1 Å². The van der Waals surface area contributed by atoms with Gasteiger partial charge in [-0.3, -0.25) is 9.69 Å². The Hall–Kier alpha value is -1.77. The first-order valence-electron chi connectivity index (χ1n) is 7.90. The van der Waals surface area contributed by atoms with Crippen molar-refractivity contribution < 1.29 is 4.79 Å². The van der Waals surface area contributed by atoms with Crippen molar-refractivity contribution in [3.8, 4) is 6.07 Å². The molecule has 0 spiro atoms. The maximum atomic E-state index is 12.4. The van der Waals surface area contributed by atoms with E-state index in [1.54, 1.807) is 11.9 Å². The number of para-hydroxylation sites is 1. The number of rotatable bonds is 5. The fraction of sp³-hybridized carbons (Fsp3) is 0.529. The lowest BCUT2D eigenvalue weighted by atomic mass is 10.2. The van der Waals surface area contributed by atoms with E-state index in [1.807, 2.05) is 31.2 Å². The second kappa shape index (κ2) is 8.19. The highest BCUT2D eigenvalue weighted by molar-refractivity contribution is 6.33. The van der Waals surface area contributed by atoms with E-state index in [-0.39, 0.29) is 11.9 Å². The third kappa shape index (κ3) is 4.37. The van der Waals surface area contributed by atoms with Crippen molar-refractivity contribution >= 4 is 23.2 Å². The van der Waals surface area contributed by atoms with E-state index in [4.69, 9.17) is 16.9 Å². The van der Waals surface area contributed by atoms with Gasteiger partial charge in [0.05, 0.1) is 29.2 Å². The molecule has 124 valence electrons. The number of benzene rings is 1. The topological polar surface area (TPSA) is 50.6 Å². The van der Waals surface area contributed by atoms with Crippen LogP contribution in [-0.4, -0.2) is 61.5 Å². The van der Waals surface area contributed by atoms with Gasteiger partial charge in [0.1, 0.15) is 0 Å². The van der Waals surface area contributed by atoms with Crippen LogP contribution >= 0.6 is 11.6 Å². The molecule has 1 unspecified atom stereocenters. The predicted molar refractivity (Wildman–Crippen MR) is 92.6 cm³/mol. The van der Waals surface area contributed by atoms with E-state index in [2.05, 4.69) is 15.9 Å². The first-order chi connectivity index (χ1) is 11.0. The second-order valence-corrected chi connectivity index (χ2v) is 6.23. The molecular formula is C17H23ClN4O. The van der Waals surface area contributed by atoms with Gasteiger partial charge < -0.3 is 9.80 Å². The standard InChI is InChI=1S/C17H23ClN4O/c1-14(17(23)20(2)9-5-8-19)21-10-12-22(13-11-21)16-7-4-3-6-15(16)18/h3-4,6-7,14H,5,9-13H2,1-2H3. The maximum Gasteiger partial charge on any atom is 0.239 e. The van der Waals surface area contributed by atoms with Gasteiger partial charge in [-0.25, -0.2) is 0 Å². The monoisotopic (exact) mass is 334 g/mol. The van der Waals surface area contributed by atoms with Crippen LogP contribution in [0.1, 0.15) is 13.3 Å². The van der Waals surface area contributed by atoms with Crippen LogP contribution in [0, 0.1) is 11.3 Å². The minimum Gasteiger partial charge on any atom is -0.368 e. The Morgan fingerprint density at radius 1 is 1.35 bits per heavy atom. The zero-order valence-corrected chi connectivity index (χ0v) is 14.5. The van der Waals surface area contributed by atoms with Crippen molar-refractivity contribution in [2.45, 2.75) is 19.4 Å². The normalized spacial score (nSPS) is 16.7. The summed E-state index contributed by atoms with van der Waals surface area (Å²) < 4.78 is 0. The first-order valence-corrected chi connectivity index (χ1v) is 8.28. The molecule has 1 aliphatic heterocycles. The van der Waals surface area contributed by atoms with Crippen molar-refractivity contribution in [2.75, 3.05) is 44.7 Å². The van der Waals surface area contributed by atoms with Gasteiger partial charge in [0.2, 0.25) is 5.91 Å². The highest BCUT2D eigenvalue weighted by Crippen LogP contribution is 2.26. The first kappa shape index (κ1) is 17.6. The molecule has 1 aliphatic rings. The molecule has 2 rings (SSSR count). The van der Waals surface area contributed by atoms with Gasteiger partial charge in [-0.2, -0.15) is 5.26 Å². The van der Waals surface area contributed by atoms with E-state index in [1.165, 1.54) is 0 Å². The molecule has 6 heteroatoms. The van der Waals surface area contributed by atoms with E-state index in [9.17, 15) is 4.79 Å². The minimum atomic E-state index is -0.160. The van der Waals surface area contributed by atoms with Crippen molar-refractivity contribution in [1.82, 2.24) is 9.80 Å². The van der Waals surface area contributed by atoms with Crippen molar-refractivity contribution in [3.05, 3.63) is 29.3 Å². The quantitative estimate of drug-likeness (QED) is 0.828. The summed E-state index contributed by atoms with van der Waals surface area (Å²) >= 11 is 6.25. The summed E-state index contributed by atoms with van der Waals surface area (Å²) in [6.45, 7) is 5.77. The van der Waals surface area contributed by atoms with Crippen LogP contribution < -0.4 is 4.90 Å². The number of nitriles is 1. The Kier molecular flexibility index (Phi) is 6.26. The van der Waals surface area contributed by atoms with Gasteiger partial charge in [0.15, 0.2) is 0 Å². The summed E-state index contributed by atoms with van der Waals surface area (Å²) in [7, 11) is 1.76. The van der Waals surface area contributed by atoms with Gasteiger partial charge in [-0.15, -0.1) is 0 Å². The van der Waals surface area contributed by atoms with Crippen molar-refractivity contribution in [1.29, 1.82) is 5.26 Å². The average molecular weight is 335 g/mol. The number of nitrogens with zero attached hydrogens (tertiary/aromatic N) is 4. The largest absolute Gasteiger partial charge is 0.368 e. The van der Waals surface area contributed by atoms with Gasteiger partial charge in [0.25, 0.3) is 0 Å². The number of hydrogen-bond acceptors (Lipinski definition) is 4. The van der Waals surface area contributed by atoms with Crippen molar-refractivity contribution in [3.63, 3.8) is 0 Å². The Labute approximate surface area is 143 Å². The number of carbonyl (C=O) groups is 1. The Morgan fingerprint density at radius 2 is 2.00 bits per heavy atom. The molecule has 5 nitrogen and oxygen atoms in total. The number of anilines is 1. The van der Waals surface area contributed by atoms with Crippen LogP contribution in [0.2, 0.25) is 5.02 Å². The van der Waals surface area contributed by atoms with Crippen LogP contribution in [0.4, 0.5) is 5.69 Å². The number of carbonyl (C=O) groups excluding carboxylic acids is 1. The molecule has 1 fully saturated rings. The van der Waals surface area contributed by atoms with Crippen LogP contribution in [0.5, 0.6) is 0 Å². The summed E-state index contributed by atoms with van der Waals surface area (Å²) in [6, 6.07) is 9.77. The highest BCUT2D eigenvalue weighted by atomic mass is 35.5. The van der Waals surface area contributed by atoms with E-state index >= 15 is 0 Å². The number of hydrogen-bond donors (Lipinski definition) is 0. The second-order valence-electron chi connectivity index (χ2n) is 5.82. The molecule has 1 heterocycles. The number of likely N-dealkylation sites (N-methyl/N-ethyl adjacent to an activating group) is 1. The lowest BCUT2D eigenvalue weighted by molar-refractivity contribution is -0.135. The van der Waals surface area contributed by atoms with E-state index < -0.39 is 0 Å². The van der Waals surface area contributed by atoms with Crippen LogP contribution in [0.15, 0.2) is 24.3 Å². The smallest absolute Gasteiger partial charge is 0.239 e. The molecule has 0 radical (unpaired) electrons. The lowest BCUT2D eigenvalue weighted by Crippen LogP contribution is -2.54. The summed E-state index contributed by atoms with van der Waals surface area (Å²) in [5, 5.41) is 9.39. The Bertz CT molecular complexity index is 578. The predicted octanol–water partition coefficient (Wildman–Crippen LogP) is 2.22. The fourth-order valence-corrected chi connectivity index (χ4v) is 3.12. The summed E-state index contributed by atoms with van der Waals surface area (Å²) in [4.78, 5) is 18.5. The number of amides is 1. The van der Waals surface area contributed by atoms with Crippen LogP contribution in [0.25, 0.3) is 0 Å². The van der Waals surface area contributed by atoms with E-state index in [0.717, 1.165) is 36.9 Å². The third-order valence-corrected chi connectivity index (χ3v) is 4.67. The molecule has 0 N–H and O–H groups in total. The summed E-state index contributed by atoms with van der Waals surface area (Å²) in [6.07, 6.45) is 0.370. The van der Waals surface area contributed by atoms with Gasteiger partial charge in [0, 0.05) is 39.8 Å². The molecule has 1 aromatic carbocycles. The zero-order valence-electron chi connectivity index (χ0n) is 13.7. The molecule has 1 amide bonds. The molecule has 1 saturated heterocycles. The molecule has 0 bridgehead atoms. The SMILES string of the molecule is CC(C(=O)N(C)CCC#N)N1CCN(c2ccccc2Cl)CC1. The fourth-order valence-electron chi connectivity index (χ4n) is 2.86. The van der Waals surface area contributed by atoms with Crippen molar-refractivity contribution in [2.24, 2.45) is 0 Å². The molecule has 0 aromatic heterocycles. The molecular weight excluding hydrogens is 312 g/mol. The lowest BCUT2D eigenvalue weighted by Gasteiger charge is -2.39. The Balaban J connectivity index is 1.90. The van der Waals surface area contributed by atoms with Gasteiger partial charge >= 0.3 is 0 Å². The number of halogens is 1. The highest BCUT2D eigenvalue weighted by Gasteiger charge is 2.27. The van der Waals surface area contributed by atoms with E-state index in [0.29, 0.717) is 13.0 Å². The third-order valence-electron chi connectivity index (χ3n) is 4.35. The molecule has 1 atom stereocenters. The maximum absolute atomic E-state index is 12.4. The minimum absolute atomic E-state index is 0.0754. The zero-order chi connectivity index (χ0) is 16.8. The Morgan fingerprint density at radius 3 is 2.61 bits per heavy atom. The molecule has 23 heavy (non-hydrogen) atoms. The number of piperazine rings is 1.